The van der Waals surface area contributed by atoms with E-state index in [1.807, 2.05) is 4.90 Å². The van der Waals surface area contributed by atoms with Crippen LogP contribution in [-0.2, 0) is 4.79 Å². The van der Waals surface area contributed by atoms with Crippen molar-refractivity contribution in [2.75, 3.05) is 32.2 Å². The fourth-order valence-electron chi connectivity index (χ4n) is 4.23. The molecule has 0 bridgehead atoms. The van der Waals surface area contributed by atoms with Crippen LogP contribution < -0.4 is 25.4 Å². The van der Waals surface area contributed by atoms with Crippen molar-refractivity contribution < 1.29 is 23.5 Å². The highest BCUT2D eigenvalue weighted by atomic mass is 19.1. The topological polar surface area (TPSA) is 110 Å². The molecule has 3 aromatic rings. The number of hydrogen-bond donors (Lipinski definition) is 3. The van der Waals surface area contributed by atoms with Crippen LogP contribution in [0.3, 0.4) is 0 Å². The maximum atomic E-state index is 15.4. The Labute approximate surface area is 201 Å². The van der Waals surface area contributed by atoms with E-state index >= 15 is 4.39 Å². The summed E-state index contributed by atoms with van der Waals surface area (Å²) in [4.78, 5) is 28.6. The predicted octanol–water partition coefficient (Wildman–Crippen LogP) is 2.70. The second kappa shape index (κ2) is 9.81. The third-order valence-electron chi connectivity index (χ3n) is 5.88. The number of anilines is 1. The maximum Gasteiger partial charge on any atom is 0.250 e. The van der Waals surface area contributed by atoms with Gasteiger partial charge in [-0.05, 0) is 30.7 Å². The second-order valence-electron chi connectivity index (χ2n) is 8.07. The van der Waals surface area contributed by atoms with Crippen LogP contribution in [0, 0.1) is 17.7 Å². The summed E-state index contributed by atoms with van der Waals surface area (Å²) in [6, 6.07) is 6.22. The third-order valence-corrected chi connectivity index (χ3v) is 5.88. The molecule has 1 fully saturated rings. The van der Waals surface area contributed by atoms with Gasteiger partial charge in [-0.1, -0.05) is 18.4 Å². The summed E-state index contributed by atoms with van der Waals surface area (Å²) in [6.07, 6.45) is 3.46. The summed E-state index contributed by atoms with van der Waals surface area (Å²) in [5, 5.41) is 3.30. The van der Waals surface area contributed by atoms with Gasteiger partial charge in [-0.15, -0.1) is 0 Å². The fourth-order valence-corrected chi connectivity index (χ4v) is 4.23. The number of primary amides is 1. The number of ether oxygens (including phenoxy) is 2. The van der Waals surface area contributed by atoms with E-state index in [0.29, 0.717) is 58.7 Å². The smallest absolute Gasteiger partial charge is 0.250 e. The number of methoxy groups -OCH3 is 2. The lowest BCUT2D eigenvalue weighted by molar-refractivity contribution is -0.117. The molecule has 1 aliphatic heterocycles. The van der Waals surface area contributed by atoms with Gasteiger partial charge in [-0.25, -0.2) is 4.39 Å². The van der Waals surface area contributed by atoms with Crippen LogP contribution in [0.4, 0.5) is 10.1 Å². The molecule has 1 saturated heterocycles. The summed E-state index contributed by atoms with van der Waals surface area (Å²) in [5.74, 6) is 5.68. The Morgan fingerprint density at radius 3 is 2.57 bits per heavy atom. The molecule has 180 valence electrons. The van der Waals surface area contributed by atoms with Crippen molar-refractivity contribution in [2.45, 2.75) is 12.5 Å². The Kier molecular flexibility index (Phi) is 6.64. The summed E-state index contributed by atoms with van der Waals surface area (Å²) in [7, 11) is 3.10. The van der Waals surface area contributed by atoms with Gasteiger partial charge in [0.05, 0.1) is 36.6 Å². The molecule has 4 rings (SSSR count). The average molecular weight is 477 g/mol. The molecule has 35 heavy (non-hydrogen) atoms. The van der Waals surface area contributed by atoms with Crippen molar-refractivity contribution in [3.63, 3.8) is 0 Å². The molecule has 9 heteroatoms. The average Bonchev–Trinajstić information content (AvgIpc) is 3.49. The number of nitrogens with one attached hydrogen (secondary N) is 2. The van der Waals surface area contributed by atoms with Gasteiger partial charge in [0.15, 0.2) is 0 Å². The number of benzene rings is 2. The molecule has 4 N–H and O–H groups in total. The Morgan fingerprint density at radius 2 is 1.94 bits per heavy atom. The van der Waals surface area contributed by atoms with Gasteiger partial charge < -0.3 is 30.4 Å². The zero-order chi connectivity index (χ0) is 25.1. The first-order chi connectivity index (χ1) is 16.8. The molecule has 2 heterocycles. The molecule has 1 aliphatic rings. The summed E-state index contributed by atoms with van der Waals surface area (Å²) < 4.78 is 26.0. The van der Waals surface area contributed by atoms with Crippen molar-refractivity contribution in [3.8, 4) is 23.3 Å². The van der Waals surface area contributed by atoms with Gasteiger partial charge in [-0.2, -0.15) is 0 Å². The van der Waals surface area contributed by atoms with Gasteiger partial charge in [0.2, 0.25) is 5.91 Å². The van der Waals surface area contributed by atoms with Crippen LogP contribution in [0.2, 0.25) is 0 Å². The van der Waals surface area contributed by atoms with Gasteiger partial charge in [0.25, 0.3) is 5.91 Å². The highest BCUT2D eigenvalue weighted by Gasteiger charge is 2.29. The normalized spacial score (nSPS) is 14.8. The van der Waals surface area contributed by atoms with E-state index in [0.717, 1.165) is 6.07 Å². The zero-order valence-electron chi connectivity index (χ0n) is 19.4. The van der Waals surface area contributed by atoms with E-state index in [1.54, 1.807) is 38.6 Å². The van der Waals surface area contributed by atoms with Crippen molar-refractivity contribution in [1.82, 2.24) is 10.3 Å². The number of hydrogen-bond acceptors (Lipinski definition) is 5. The van der Waals surface area contributed by atoms with Gasteiger partial charge in [0.1, 0.15) is 17.3 Å². The first-order valence-corrected chi connectivity index (χ1v) is 10.9. The number of amides is 2. The molecule has 0 spiro atoms. The quantitative estimate of drug-likeness (QED) is 0.374. The maximum absolute atomic E-state index is 15.4. The SMILES string of the molecule is C=CC(=O)N[C@@H]1CCN(c2c(F)cc(C(N)=O)c3[nH]cc(C#Cc4cc(OC)cc(OC)c4)c23)C1. The molecule has 8 nitrogen and oxygen atoms in total. The minimum atomic E-state index is -0.753. The largest absolute Gasteiger partial charge is 0.497 e. The Hall–Kier alpha value is -4.45. The number of fused-ring (bicyclic) bond motifs is 1. The van der Waals surface area contributed by atoms with E-state index in [9.17, 15) is 9.59 Å². The summed E-state index contributed by atoms with van der Waals surface area (Å²) in [6.45, 7) is 4.37. The fraction of sp³-hybridized carbons (Fsp3) is 0.231. The molecule has 2 aromatic carbocycles. The predicted molar refractivity (Wildman–Crippen MR) is 131 cm³/mol. The standard InChI is InChI=1S/C26H25FN4O4/c1-4-22(32)30-17-7-8-31(14-17)25-21(27)12-20(26(28)33)24-23(25)16(13-29-24)6-5-15-9-18(34-2)11-19(10-15)35-3/h4,9-13,17,29H,1,7-8,14H2,2-3H3,(H2,28,33)(H,30,32)/t17-/m1/s1. The van der Waals surface area contributed by atoms with Crippen LogP contribution >= 0.6 is 0 Å². The number of aromatic nitrogens is 1. The van der Waals surface area contributed by atoms with Crippen molar-refractivity contribution >= 4 is 28.4 Å². The number of carbonyl (C=O) groups excluding carboxylic acids is 2. The number of nitrogens with zero attached hydrogens (tertiary/aromatic N) is 1. The molecule has 0 radical (unpaired) electrons. The summed E-state index contributed by atoms with van der Waals surface area (Å²) >= 11 is 0. The number of rotatable bonds is 6. The third kappa shape index (κ3) is 4.77. The van der Waals surface area contributed by atoms with E-state index in [2.05, 4.69) is 28.7 Å². The van der Waals surface area contributed by atoms with E-state index in [4.69, 9.17) is 15.2 Å². The van der Waals surface area contributed by atoms with Crippen LogP contribution in [0.5, 0.6) is 11.5 Å². The lowest BCUT2D eigenvalue weighted by Crippen LogP contribution is -2.36. The molecule has 0 aliphatic carbocycles. The van der Waals surface area contributed by atoms with Crippen LogP contribution in [0.25, 0.3) is 10.9 Å². The Balaban J connectivity index is 1.81. The van der Waals surface area contributed by atoms with Crippen LogP contribution in [0.15, 0.2) is 43.1 Å². The van der Waals surface area contributed by atoms with Gasteiger partial charge in [-0.3, -0.25) is 9.59 Å². The Morgan fingerprint density at radius 1 is 1.23 bits per heavy atom. The van der Waals surface area contributed by atoms with E-state index in [-0.39, 0.29) is 17.5 Å². The molecule has 0 unspecified atom stereocenters. The number of aromatic amines is 1. The molecular formula is C26H25FN4O4. The molecule has 1 atom stereocenters. The molecular weight excluding hydrogens is 451 g/mol. The monoisotopic (exact) mass is 476 g/mol. The van der Waals surface area contributed by atoms with Crippen molar-refractivity contribution in [2.24, 2.45) is 5.73 Å². The van der Waals surface area contributed by atoms with E-state index in [1.165, 1.54) is 6.08 Å². The Bertz CT molecular complexity index is 1360. The number of carbonyl (C=O) groups is 2. The number of halogens is 1. The first-order valence-electron chi connectivity index (χ1n) is 10.9. The van der Waals surface area contributed by atoms with Gasteiger partial charge >= 0.3 is 0 Å². The second-order valence-corrected chi connectivity index (χ2v) is 8.07. The van der Waals surface area contributed by atoms with Crippen molar-refractivity contribution in [1.29, 1.82) is 0 Å². The molecule has 0 saturated carbocycles. The first kappa shape index (κ1) is 23.7. The van der Waals surface area contributed by atoms with Crippen molar-refractivity contribution in [3.05, 3.63) is 65.6 Å². The number of H-pyrrole nitrogens is 1. The zero-order valence-corrected chi connectivity index (χ0v) is 19.4. The molecule has 1 aromatic heterocycles. The lowest BCUT2D eigenvalue weighted by atomic mass is 10.0. The van der Waals surface area contributed by atoms with Crippen LogP contribution in [-0.4, -0.2) is 50.1 Å². The highest BCUT2D eigenvalue weighted by Crippen LogP contribution is 2.36. The van der Waals surface area contributed by atoms with Gasteiger partial charge in [0, 0.05) is 42.3 Å². The van der Waals surface area contributed by atoms with E-state index < -0.39 is 11.7 Å². The minimum Gasteiger partial charge on any atom is -0.497 e. The minimum absolute atomic E-state index is 0.0352. The highest BCUT2D eigenvalue weighted by molar-refractivity contribution is 6.10. The number of nitrogens with two attached hydrogens (primary N) is 1. The lowest BCUT2D eigenvalue weighted by Gasteiger charge is -2.21. The molecule has 2 amide bonds. The van der Waals surface area contributed by atoms with Crippen LogP contribution in [0.1, 0.15) is 27.9 Å². The summed E-state index contributed by atoms with van der Waals surface area (Å²) in [5.41, 5.74) is 7.39.